The van der Waals surface area contributed by atoms with Crippen molar-refractivity contribution in [3.8, 4) is 0 Å². The summed E-state index contributed by atoms with van der Waals surface area (Å²) in [6, 6.07) is 11.9. The van der Waals surface area contributed by atoms with E-state index in [4.69, 9.17) is 0 Å². The third-order valence-corrected chi connectivity index (χ3v) is 4.68. The second-order valence-electron chi connectivity index (χ2n) is 6.64. The maximum Gasteiger partial charge on any atom is 0.294 e. The number of aromatic nitrogens is 1. The van der Waals surface area contributed by atoms with Gasteiger partial charge in [-0.25, -0.2) is 0 Å². The number of aryl methyl sites for hydroxylation is 1. The van der Waals surface area contributed by atoms with Gasteiger partial charge in [-0.2, -0.15) is 0 Å². The Labute approximate surface area is 142 Å². The zero-order chi connectivity index (χ0) is 16.9. The highest BCUT2D eigenvalue weighted by Gasteiger charge is 2.23. The summed E-state index contributed by atoms with van der Waals surface area (Å²) in [5, 5.41) is 2.90. The number of hydrogen-bond donors (Lipinski definition) is 1. The number of nitrogens with one attached hydrogen (secondary N) is 1. The molecule has 1 aromatic heterocycles. The maximum absolute atomic E-state index is 12.5. The molecule has 1 aromatic carbocycles. The SMILES string of the molecule is Cc1ccc(Cn2cccc2C(=O)C(=O)NC2CCCCC2)cc1. The molecule has 3 rings (SSSR count). The first kappa shape index (κ1) is 16.5. The number of carbonyl (C=O) groups excluding carboxylic acids is 2. The van der Waals surface area contributed by atoms with Gasteiger partial charge in [0.25, 0.3) is 11.7 Å². The second kappa shape index (κ2) is 7.47. The van der Waals surface area contributed by atoms with Gasteiger partial charge in [0.2, 0.25) is 0 Å². The third kappa shape index (κ3) is 3.94. The third-order valence-electron chi connectivity index (χ3n) is 4.68. The molecule has 24 heavy (non-hydrogen) atoms. The van der Waals surface area contributed by atoms with Gasteiger partial charge in [-0.05, 0) is 37.5 Å². The summed E-state index contributed by atoms with van der Waals surface area (Å²) in [6.07, 6.45) is 7.28. The fourth-order valence-electron chi connectivity index (χ4n) is 3.26. The van der Waals surface area contributed by atoms with Crippen molar-refractivity contribution < 1.29 is 9.59 Å². The Morgan fingerprint density at radius 2 is 1.79 bits per heavy atom. The molecular weight excluding hydrogens is 300 g/mol. The van der Waals surface area contributed by atoms with E-state index in [0.29, 0.717) is 12.2 Å². The minimum absolute atomic E-state index is 0.149. The van der Waals surface area contributed by atoms with Crippen LogP contribution in [0.25, 0.3) is 0 Å². The zero-order valence-electron chi connectivity index (χ0n) is 14.1. The van der Waals surface area contributed by atoms with Crippen LogP contribution < -0.4 is 5.32 Å². The number of carbonyl (C=O) groups is 2. The Morgan fingerprint density at radius 1 is 1.08 bits per heavy atom. The standard InChI is InChI=1S/C20H24N2O2/c1-15-9-11-16(12-10-15)14-22-13-5-8-18(22)19(23)20(24)21-17-6-3-2-4-7-17/h5,8-13,17H,2-4,6-7,14H2,1H3,(H,21,24). The molecule has 4 nitrogen and oxygen atoms in total. The molecule has 1 amide bonds. The van der Waals surface area contributed by atoms with Crippen LogP contribution in [-0.2, 0) is 11.3 Å². The largest absolute Gasteiger partial charge is 0.346 e. The number of ketones is 1. The molecule has 4 heteroatoms. The average Bonchev–Trinajstić information content (AvgIpc) is 3.05. The van der Waals surface area contributed by atoms with Gasteiger partial charge in [-0.15, -0.1) is 0 Å². The molecule has 126 valence electrons. The highest BCUT2D eigenvalue weighted by molar-refractivity contribution is 6.42. The Bertz CT molecular complexity index is 709. The number of nitrogens with zero attached hydrogens (tertiary/aromatic N) is 1. The van der Waals surface area contributed by atoms with Crippen molar-refractivity contribution >= 4 is 11.7 Å². The van der Waals surface area contributed by atoms with Crippen molar-refractivity contribution in [3.05, 3.63) is 59.4 Å². The zero-order valence-corrected chi connectivity index (χ0v) is 14.1. The number of hydrogen-bond acceptors (Lipinski definition) is 2. The molecule has 1 saturated carbocycles. The van der Waals surface area contributed by atoms with E-state index in [9.17, 15) is 9.59 Å². The van der Waals surface area contributed by atoms with E-state index in [0.717, 1.165) is 31.2 Å². The number of rotatable bonds is 5. The minimum Gasteiger partial charge on any atom is -0.346 e. The number of Topliss-reactive ketones (excluding diaryl/α,β-unsaturated/α-hetero) is 1. The summed E-state index contributed by atoms with van der Waals surface area (Å²) >= 11 is 0. The molecule has 1 heterocycles. The van der Waals surface area contributed by atoms with Crippen LogP contribution in [0.15, 0.2) is 42.6 Å². The number of benzene rings is 1. The quantitative estimate of drug-likeness (QED) is 0.676. The van der Waals surface area contributed by atoms with E-state index in [1.807, 2.05) is 35.9 Å². The van der Waals surface area contributed by atoms with Crippen LogP contribution >= 0.6 is 0 Å². The van der Waals surface area contributed by atoms with Crippen molar-refractivity contribution in [2.75, 3.05) is 0 Å². The van der Waals surface area contributed by atoms with Crippen LogP contribution in [0, 0.1) is 6.92 Å². The monoisotopic (exact) mass is 324 g/mol. The van der Waals surface area contributed by atoms with Gasteiger partial charge in [0.1, 0.15) is 0 Å². The van der Waals surface area contributed by atoms with Gasteiger partial charge in [-0.3, -0.25) is 9.59 Å². The van der Waals surface area contributed by atoms with Crippen molar-refractivity contribution in [1.29, 1.82) is 0 Å². The van der Waals surface area contributed by atoms with Gasteiger partial charge in [-0.1, -0.05) is 49.1 Å². The molecule has 0 bridgehead atoms. The summed E-state index contributed by atoms with van der Waals surface area (Å²) in [5.41, 5.74) is 2.76. The molecule has 0 radical (unpaired) electrons. The lowest BCUT2D eigenvalue weighted by Gasteiger charge is -2.22. The van der Waals surface area contributed by atoms with Crippen molar-refractivity contribution in [1.82, 2.24) is 9.88 Å². The first-order chi connectivity index (χ1) is 11.6. The molecule has 1 fully saturated rings. The molecule has 1 aliphatic rings. The fourth-order valence-corrected chi connectivity index (χ4v) is 3.26. The molecule has 0 spiro atoms. The Morgan fingerprint density at radius 3 is 2.50 bits per heavy atom. The Kier molecular flexibility index (Phi) is 5.14. The van der Waals surface area contributed by atoms with Crippen LogP contribution in [0.1, 0.15) is 53.7 Å². The molecule has 1 aliphatic carbocycles. The van der Waals surface area contributed by atoms with E-state index >= 15 is 0 Å². The van der Waals surface area contributed by atoms with E-state index in [-0.39, 0.29) is 6.04 Å². The first-order valence-corrected chi connectivity index (χ1v) is 8.69. The van der Waals surface area contributed by atoms with Gasteiger partial charge in [0, 0.05) is 18.8 Å². The lowest BCUT2D eigenvalue weighted by Crippen LogP contribution is -2.40. The Balaban J connectivity index is 1.68. The topological polar surface area (TPSA) is 51.1 Å². The van der Waals surface area contributed by atoms with Crippen LogP contribution in [0.4, 0.5) is 0 Å². The van der Waals surface area contributed by atoms with Gasteiger partial charge in [0.05, 0.1) is 5.69 Å². The van der Waals surface area contributed by atoms with Crippen molar-refractivity contribution in [2.45, 2.75) is 51.6 Å². The fraction of sp³-hybridized carbons (Fsp3) is 0.400. The lowest BCUT2D eigenvalue weighted by atomic mass is 9.95. The Hall–Kier alpha value is -2.36. The van der Waals surface area contributed by atoms with Gasteiger partial charge < -0.3 is 9.88 Å². The predicted molar refractivity (Wildman–Crippen MR) is 94.1 cm³/mol. The van der Waals surface area contributed by atoms with E-state index in [1.54, 1.807) is 6.07 Å². The van der Waals surface area contributed by atoms with Crippen LogP contribution in [0.2, 0.25) is 0 Å². The van der Waals surface area contributed by atoms with Crippen LogP contribution in [-0.4, -0.2) is 22.3 Å². The van der Waals surface area contributed by atoms with E-state index in [1.165, 1.54) is 12.0 Å². The lowest BCUT2D eigenvalue weighted by molar-refractivity contribution is -0.117. The normalized spacial score (nSPS) is 15.2. The molecule has 1 N–H and O–H groups in total. The molecule has 0 unspecified atom stereocenters. The van der Waals surface area contributed by atoms with Crippen molar-refractivity contribution in [2.24, 2.45) is 0 Å². The molecular formula is C20H24N2O2. The predicted octanol–water partition coefficient (Wildman–Crippen LogP) is 3.48. The summed E-state index contributed by atoms with van der Waals surface area (Å²) in [5.74, 6) is -0.927. The van der Waals surface area contributed by atoms with Crippen molar-refractivity contribution in [3.63, 3.8) is 0 Å². The molecule has 0 saturated heterocycles. The van der Waals surface area contributed by atoms with Crippen LogP contribution in [0.3, 0.4) is 0 Å². The molecule has 2 aromatic rings. The van der Waals surface area contributed by atoms with Gasteiger partial charge >= 0.3 is 0 Å². The van der Waals surface area contributed by atoms with Crippen LogP contribution in [0.5, 0.6) is 0 Å². The molecule has 0 aliphatic heterocycles. The summed E-state index contributed by atoms with van der Waals surface area (Å²) in [4.78, 5) is 24.8. The highest BCUT2D eigenvalue weighted by atomic mass is 16.2. The molecule has 0 atom stereocenters. The average molecular weight is 324 g/mol. The highest BCUT2D eigenvalue weighted by Crippen LogP contribution is 2.17. The minimum atomic E-state index is -0.481. The summed E-state index contributed by atoms with van der Waals surface area (Å²) in [7, 11) is 0. The number of amides is 1. The van der Waals surface area contributed by atoms with Gasteiger partial charge in [0.15, 0.2) is 0 Å². The van der Waals surface area contributed by atoms with E-state index in [2.05, 4.69) is 17.4 Å². The van der Waals surface area contributed by atoms with E-state index < -0.39 is 11.7 Å². The summed E-state index contributed by atoms with van der Waals surface area (Å²) in [6.45, 7) is 2.63. The summed E-state index contributed by atoms with van der Waals surface area (Å²) < 4.78 is 1.84. The first-order valence-electron chi connectivity index (χ1n) is 8.69. The second-order valence-corrected chi connectivity index (χ2v) is 6.64. The maximum atomic E-state index is 12.5. The smallest absolute Gasteiger partial charge is 0.294 e.